The summed E-state index contributed by atoms with van der Waals surface area (Å²) in [5, 5.41) is 2.77. The van der Waals surface area contributed by atoms with Crippen LogP contribution in [0.25, 0.3) is 0 Å². The van der Waals surface area contributed by atoms with Crippen LogP contribution in [0.1, 0.15) is 15.9 Å². The highest BCUT2D eigenvalue weighted by atomic mass is 19.1. The minimum absolute atomic E-state index is 0.148. The molecule has 0 aliphatic heterocycles. The third-order valence-corrected chi connectivity index (χ3v) is 1.69. The van der Waals surface area contributed by atoms with E-state index < -0.39 is 17.2 Å². The molecule has 0 aliphatic rings. The van der Waals surface area contributed by atoms with Crippen LogP contribution in [0.15, 0.2) is 12.1 Å². The number of aldehydes is 1. The monoisotopic (exact) mass is 209 g/mol. The zero-order valence-electron chi connectivity index (χ0n) is 8.10. The number of benzene rings is 1. The van der Waals surface area contributed by atoms with E-state index in [2.05, 4.69) is 17.2 Å². The first-order chi connectivity index (χ1) is 7.19. The smallest absolute Gasteiger partial charge is 0.155 e. The van der Waals surface area contributed by atoms with Crippen molar-refractivity contribution in [2.75, 3.05) is 13.6 Å². The molecule has 0 atom stereocenters. The summed E-state index contributed by atoms with van der Waals surface area (Å²) in [7, 11) is 1.71. The van der Waals surface area contributed by atoms with Crippen molar-refractivity contribution in [1.29, 1.82) is 0 Å². The third-order valence-electron chi connectivity index (χ3n) is 1.69. The molecule has 4 heteroatoms. The van der Waals surface area contributed by atoms with Crippen molar-refractivity contribution in [3.8, 4) is 11.8 Å². The van der Waals surface area contributed by atoms with Gasteiger partial charge in [0.1, 0.15) is 11.6 Å². The fraction of sp³-hybridized carbons (Fsp3) is 0.182. The predicted molar refractivity (Wildman–Crippen MR) is 52.6 cm³/mol. The summed E-state index contributed by atoms with van der Waals surface area (Å²) in [4.78, 5) is 10.3. The van der Waals surface area contributed by atoms with Crippen LogP contribution in [0.3, 0.4) is 0 Å². The van der Waals surface area contributed by atoms with Crippen LogP contribution < -0.4 is 5.32 Å². The Bertz CT molecular complexity index is 409. The van der Waals surface area contributed by atoms with E-state index in [0.29, 0.717) is 6.54 Å². The van der Waals surface area contributed by atoms with Crippen molar-refractivity contribution >= 4 is 6.29 Å². The average Bonchev–Trinajstić information content (AvgIpc) is 2.18. The summed E-state index contributed by atoms with van der Waals surface area (Å²) in [5.74, 6) is 3.45. The Balaban J connectivity index is 3.05. The number of rotatable bonds is 2. The largest absolute Gasteiger partial charge is 0.309 e. The minimum Gasteiger partial charge on any atom is -0.309 e. The molecule has 1 aromatic carbocycles. The van der Waals surface area contributed by atoms with Crippen LogP contribution in [0.4, 0.5) is 8.78 Å². The molecule has 15 heavy (non-hydrogen) atoms. The first kappa shape index (κ1) is 11.3. The average molecular weight is 209 g/mol. The highest BCUT2D eigenvalue weighted by Crippen LogP contribution is 2.12. The molecule has 0 radical (unpaired) electrons. The van der Waals surface area contributed by atoms with Gasteiger partial charge in [-0.15, -0.1) is 0 Å². The summed E-state index contributed by atoms with van der Waals surface area (Å²) in [5.41, 5.74) is -0.347. The second-order valence-corrected chi connectivity index (χ2v) is 2.80. The summed E-state index contributed by atoms with van der Waals surface area (Å²) in [6, 6.07) is 2.07. The van der Waals surface area contributed by atoms with Gasteiger partial charge < -0.3 is 5.32 Å². The Hall–Kier alpha value is -1.73. The van der Waals surface area contributed by atoms with E-state index in [-0.39, 0.29) is 11.8 Å². The zero-order valence-corrected chi connectivity index (χ0v) is 8.10. The second kappa shape index (κ2) is 5.23. The van der Waals surface area contributed by atoms with Gasteiger partial charge in [0.05, 0.1) is 12.1 Å². The molecule has 1 N–H and O–H groups in total. The SMILES string of the molecule is CNCC#Cc1cc(F)c(C=O)c(F)c1. The van der Waals surface area contributed by atoms with Crippen LogP contribution >= 0.6 is 0 Å². The van der Waals surface area contributed by atoms with Gasteiger partial charge in [0.2, 0.25) is 0 Å². The van der Waals surface area contributed by atoms with Crippen molar-refractivity contribution in [3.05, 3.63) is 34.9 Å². The maximum atomic E-state index is 13.1. The first-order valence-corrected chi connectivity index (χ1v) is 4.26. The summed E-state index contributed by atoms with van der Waals surface area (Å²) in [6.45, 7) is 0.429. The predicted octanol–water partition coefficient (Wildman–Crippen LogP) is 1.35. The Morgan fingerprint density at radius 2 is 2.00 bits per heavy atom. The molecule has 1 rings (SSSR count). The van der Waals surface area contributed by atoms with Crippen LogP contribution in [0, 0.1) is 23.5 Å². The molecule has 0 aliphatic carbocycles. The van der Waals surface area contributed by atoms with Crippen molar-refractivity contribution in [1.82, 2.24) is 5.32 Å². The van der Waals surface area contributed by atoms with Gasteiger partial charge >= 0.3 is 0 Å². The number of halogens is 2. The molecular formula is C11H9F2NO. The van der Waals surface area contributed by atoms with Crippen LogP contribution in [0.5, 0.6) is 0 Å². The van der Waals surface area contributed by atoms with Gasteiger partial charge in [-0.1, -0.05) is 11.8 Å². The fourth-order valence-electron chi connectivity index (χ4n) is 1.00. The van der Waals surface area contributed by atoms with Gasteiger partial charge in [-0.05, 0) is 19.2 Å². The maximum Gasteiger partial charge on any atom is 0.155 e. The topological polar surface area (TPSA) is 29.1 Å². The molecule has 0 aromatic heterocycles. The number of nitrogens with one attached hydrogen (secondary N) is 1. The van der Waals surface area contributed by atoms with Gasteiger partial charge in [-0.3, -0.25) is 4.79 Å². The number of hydrogen-bond acceptors (Lipinski definition) is 2. The summed E-state index contributed by atoms with van der Waals surface area (Å²) in [6.07, 6.45) is 0.148. The minimum atomic E-state index is -0.890. The number of carbonyl (C=O) groups is 1. The van der Waals surface area contributed by atoms with E-state index >= 15 is 0 Å². The van der Waals surface area contributed by atoms with Crippen LogP contribution in [-0.4, -0.2) is 19.9 Å². The molecule has 0 bridgehead atoms. The van der Waals surface area contributed by atoms with Crippen molar-refractivity contribution in [3.63, 3.8) is 0 Å². The van der Waals surface area contributed by atoms with E-state index in [9.17, 15) is 13.6 Å². The molecule has 0 spiro atoms. The first-order valence-electron chi connectivity index (χ1n) is 4.26. The Morgan fingerprint density at radius 1 is 1.40 bits per heavy atom. The van der Waals surface area contributed by atoms with Gasteiger partial charge in [-0.25, -0.2) is 8.78 Å². The lowest BCUT2D eigenvalue weighted by atomic mass is 10.1. The molecule has 78 valence electrons. The zero-order chi connectivity index (χ0) is 11.3. The normalized spacial score (nSPS) is 9.27. The van der Waals surface area contributed by atoms with Gasteiger partial charge in [0, 0.05) is 5.56 Å². The molecule has 0 amide bonds. The van der Waals surface area contributed by atoms with E-state index in [1.807, 2.05) is 0 Å². The molecule has 0 saturated carbocycles. The van der Waals surface area contributed by atoms with Crippen molar-refractivity contribution < 1.29 is 13.6 Å². The Kier molecular flexibility index (Phi) is 3.95. The lowest BCUT2D eigenvalue weighted by molar-refractivity contribution is 0.111. The lowest BCUT2D eigenvalue weighted by Gasteiger charge is -1.97. The van der Waals surface area contributed by atoms with E-state index in [0.717, 1.165) is 12.1 Å². The Labute approximate surface area is 86.3 Å². The quantitative estimate of drug-likeness (QED) is 0.588. The maximum absolute atomic E-state index is 13.1. The third kappa shape index (κ3) is 2.86. The van der Waals surface area contributed by atoms with Crippen molar-refractivity contribution in [2.24, 2.45) is 0 Å². The second-order valence-electron chi connectivity index (χ2n) is 2.80. The molecule has 0 heterocycles. The van der Waals surface area contributed by atoms with Gasteiger partial charge in [0.25, 0.3) is 0 Å². The lowest BCUT2D eigenvalue weighted by Crippen LogP contribution is -2.04. The van der Waals surface area contributed by atoms with Gasteiger partial charge in [-0.2, -0.15) is 0 Å². The van der Waals surface area contributed by atoms with Gasteiger partial charge in [0.15, 0.2) is 6.29 Å². The number of hydrogen-bond donors (Lipinski definition) is 1. The van der Waals surface area contributed by atoms with E-state index in [4.69, 9.17) is 0 Å². The highest BCUT2D eigenvalue weighted by molar-refractivity contribution is 5.76. The van der Waals surface area contributed by atoms with E-state index in [1.54, 1.807) is 7.05 Å². The molecule has 1 aromatic rings. The molecule has 2 nitrogen and oxygen atoms in total. The molecule has 0 saturated heterocycles. The summed E-state index contributed by atoms with van der Waals surface area (Å²) >= 11 is 0. The molecular weight excluding hydrogens is 200 g/mol. The number of carbonyl (C=O) groups excluding carboxylic acids is 1. The standard InChI is InChI=1S/C11H9F2NO/c1-14-4-2-3-8-5-10(12)9(7-15)11(13)6-8/h5-7,14H,4H2,1H3. The molecule has 0 unspecified atom stereocenters. The van der Waals surface area contributed by atoms with Crippen molar-refractivity contribution in [2.45, 2.75) is 0 Å². The van der Waals surface area contributed by atoms with Crippen LogP contribution in [0.2, 0.25) is 0 Å². The Morgan fingerprint density at radius 3 is 2.47 bits per heavy atom. The summed E-state index contributed by atoms with van der Waals surface area (Å²) < 4.78 is 26.1. The molecule has 0 fully saturated rings. The fourth-order valence-corrected chi connectivity index (χ4v) is 1.00. The van der Waals surface area contributed by atoms with Crippen LogP contribution in [-0.2, 0) is 0 Å². The highest BCUT2D eigenvalue weighted by Gasteiger charge is 2.08. The van der Waals surface area contributed by atoms with E-state index in [1.165, 1.54) is 0 Å².